The van der Waals surface area contributed by atoms with Crippen LogP contribution < -0.4 is 5.32 Å². The van der Waals surface area contributed by atoms with E-state index >= 15 is 0 Å². The molecule has 5 aromatic rings. The van der Waals surface area contributed by atoms with Gasteiger partial charge in [0.25, 0.3) is 6.01 Å². The first-order valence-electron chi connectivity index (χ1n) is 12.3. The first-order valence-corrected chi connectivity index (χ1v) is 12.3. The Balaban J connectivity index is 1.24. The monoisotopic (exact) mass is 508 g/mol. The summed E-state index contributed by atoms with van der Waals surface area (Å²) in [6.07, 6.45) is 0.894. The number of aryl methyl sites for hydroxylation is 1. The van der Waals surface area contributed by atoms with Crippen LogP contribution in [0.3, 0.4) is 0 Å². The number of carboxylic acids is 1. The molecule has 2 N–H and O–H groups in total. The first kappa shape index (κ1) is 24.9. The maximum Gasteiger partial charge on any atom is 0.306 e. The number of aliphatic carboxylic acids is 1. The zero-order chi connectivity index (χ0) is 26.5. The zero-order valence-electron chi connectivity index (χ0n) is 20.4. The molecule has 1 heterocycles. The molecular formula is C31H25FN2O4. The number of oxazole rings is 1. The summed E-state index contributed by atoms with van der Waals surface area (Å²) in [4.78, 5) is 28.9. The normalized spacial score (nSPS) is 11.8. The molecule has 0 aliphatic rings. The van der Waals surface area contributed by atoms with E-state index in [9.17, 15) is 19.1 Å². The lowest BCUT2D eigenvalue weighted by molar-refractivity contribution is -0.141. The number of fused-ring (bicyclic) bond motifs is 1. The summed E-state index contributed by atoms with van der Waals surface area (Å²) in [6.45, 7) is 0. The molecule has 7 heteroatoms. The Morgan fingerprint density at radius 2 is 1.61 bits per heavy atom. The minimum Gasteiger partial charge on any atom is -0.481 e. The van der Waals surface area contributed by atoms with Crippen LogP contribution in [0.2, 0.25) is 0 Å². The summed E-state index contributed by atoms with van der Waals surface area (Å²) in [5, 5.41) is 12.5. The van der Waals surface area contributed by atoms with Gasteiger partial charge in [-0.2, -0.15) is 4.98 Å². The number of carbonyl (C=O) groups is 2. The minimum atomic E-state index is -0.979. The van der Waals surface area contributed by atoms with E-state index in [-0.39, 0.29) is 23.9 Å². The summed E-state index contributed by atoms with van der Waals surface area (Å²) in [7, 11) is 0. The minimum absolute atomic E-state index is 0.0770. The van der Waals surface area contributed by atoms with Crippen molar-refractivity contribution in [2.24, 2.45) is 5.92 Å². The molecule has 5 rings (SSSR count). The number of nitrogens with one attached hydrogen (secondary N) is 1. The maximum absolute atomic E-state index is 14.9. The van der Waals surface area contributed by atoms with Gasteiger partial charge in [-0.15, -0.1) is 0 Å². The SMILES string of the molecule is O=C(CC(CCc1ccccc1)C(=O)O)c1ccc(-c2ccc(Nc3nc4ccccc4o3)c(F)c2)cc1. The lowest BCUT2D eigenvalue weighted by Gasteiger charge is -2.12. The van der Waals surface area contributed by atoms with Crippen LogP contribution in [0.5, 0.6) is 0 Å². The van der Waals surface area contributed by atoms with Crippen LogP contribution in [0.4, 0.5) is 16.1 Å². The van der Waals surface area contributed by atoms with Crippen LogP contribution in [0.1, 0.15) is 28.8 Å². The van der Waals surface area contributed by atoms with Gasteiger partial charge >= 0.3 is 5.97 Å². The van der Waals surface area contributed by atoms with E-state index in [0.29, 0.717) is 35.1 Å². The standard InChI is InChI=1S/C31H25FN2O4/c32-25-18-23(16-17-26(25)33-31-34-27-8-4-5-9-29(27)38-31)21-12-14-22(15-13-21)28(35)19-24(30(36)37)11-10-20-6-2-1-3-7-20/h1-9,12-18,24H,10-11,19H2,(H,33,34)(H,36,37). The number of carbonyl (C=O) groups excluding carboxylic acids is 1. The number of para-hydroxylation sites is 2. The van der Waals surface area contributed by atoms with Gasteiger partial charge in [0, 0.05) is 12.0 Å². The number of halogens is 1. The number of nitrogens with zero attached hydrogens (tertiary/aromatic N) is 1. The van der Waals surface area contributed by atoms with Gasteiger partial charge in [0.05, 0.1) is 11.6 Å². The molecule has 0 saturated heterocycles. The van der Waals surface area contributed by atoms with Gasteiger partial charge in [-0.3, -0.25) is 9.59 Å². The lowest BCUT2D eigenvalue weighted by Crippen LogP contribution is -2.19. The average Bonchev–Trinajstić information content (AvgIpc) is 3.35. The van der Waals surface area contributed by atoms with Crippen LogP contribution in [0.15, 0.2) is 101 Å². The summed E-state index contributed by atoms with van der Waals surface area (Å²) in [6, 6.07) is 28.6. The van der Waals surface area contributed by atoms with Gasteiger partial charge < -0.3 is 14.8 Å². The van der Waals surface area contributed by atoms with Crippen LogP contribution in [-0.2, 0) is 11.2 Å². The Morgan fingerprint density at radius 1 is 0.895 bits per heavy atom. The van der Waals surface area contributed by atoms with Gasteiger partial charge in [0.15, 0.2) is 11.4 Å². The number of ketones is 1. The quantitative estimate of drug-likeness (QED) is 0.193. The molecule has 38 heavy (non-hydrogen) atoms. The maximum atomic E-state index is 14.9. The number of carboxylic acid groups (broad SMARTS) is 1. The summed E-state index contributed by atoms with van der Waals surface area (Å²) in [5.41, 5.74) is 4.33. The Morgan fingerprint density at radius 3 is 2.32 bits per heavy atom. The van der Waals surface area contributed by atoms with Gasteiger partial charge in [0.1, 0.15) is 11.3 Å². The second-order valence-corrected chi connectivity index (χ2v) is 9.07. The van der Waals surface area contributed by atoms with Crippen molar-refractivity contribution < 1.29 is 23.5 Å². The topological polar surface area (TPSA) is 92.4 Å². The smallest absolute Gasteiger partial charge is 0.306 e. The predicted molar refractivity (Wildman–Crippen MR) is 144 cm³/mol. The highest BCUT2D eigenvalue weighted by Crippen LogP contribution is 2.28. The molecule has 1 aromatic heterocycles. The molecule has 0 aliphatic carbocycles. The van der Waals surface area contributed by atoms with E-state index < -0.39 is 17.7 Å². The molecule has 0 amide bonds. The number of benzene rings is 4. The highest BCUT2D eigenvalue weighted by molar-refractivity contribution is 5.98. The molecule has 0 bridgehead atoms. The van der Waals surface area contributed by atoms with Gasteiger partial charge in [-0.25, -0.2) is 4.39 Å². The molecule has 0 saturated carbocycles. The number of hydrogen-bond acceptors (Lipinski definition) is 5. The van der Waals surface area contributed by atoms with E-state index in [1.807, 2.05) is 48.5 Å². The van der Waals surface area contributed by atoms with E-state index in [1.165, 1.54) is 6.07 Å². The van der Waals surface area contributed by atoms with Crippen molar-refractivity contribution in [1.82, 2.24) is 4.98 Å². The van der Waals surface area contributed by atoms with Gasteiger partial charge in [0.2, 0.25) is 0 Å². The van der Waals surface area contributed by atoms with Crippen LogP contribution >= 0.6 is 0 Å². The van der Waals surface area contributed by atoms with E-state index in [1.54, 1.807) is 42.5 Å². The lowest BCUT2D eigenvalue weighted by atomic mass is 9.92. The highest BCUT2D eigenvalue weighted by Gasteiger charge is 2.22. The third kappa shape index (κ3) is 5.78. The molecular weight excluding hydrogens is 483 g/mol. The fourth-order valence-corrected chi connectivity index (χ4v) is 4.33. The van der Waals surface area contributed by atoms with Gasteiger partial charge in [-0.05, 0) is 53.8 Å². The van der Waals surface area contributed by atoms with Crippen LogP contribution in [0.25, 0.3) is 22.2 Å². The molecule has 0 spiro atoms. The fourth-order valence-electron chi connectivity index (χ4n) is 4.33. The summed E-state index contributed by atoms with van der Waals surface area (Å²) < 4.78 is 20.5. The molecule has 1 atom stereocenters. The summed E-state index contributed by atoms with van der Waals surface area (Å²) >= 11 is 0. The fraction of sp³-hybridized carbons (Fsp3) is 0.129. The number of Topliss-reactive ketones (excluding diaryl/α,β-unsaturated/α-hetero) is 1. The highest BCUT2D eigenvalue weighted by atomic mass is 19.1. The molecule has 1 unspecified atom stereocenters. The van der Waals surface area contributed by atoms with Gasteiger partial charge in [-0.1, -0.05) is 72.8 Å². The number of anilines is 2. The second-order valence-electron chi connectivity index (χ2n) is 9.07. The number of rotatable bonds is 10. The molecule has 0 radical (unpaired) electrons. The van der Waals surface area contributed by atoms with E-state index in [0.717, 1.165) is 11.1 Å². The van der Waals surface area contributed by atoms with Crippen LogP contribution in [0, 0.1) is 11.7 Å². The average molecular weight is 509 g/mol. The number of hydrogen-bond donors (Lipinski definition) is 2. The zero-order valence-corrected chi connectivity index (χ0v) is 20.4. The van der Waals surface area contributed by atoms with Crippen LogP contribution in [-0.4, -0.2) is 21.8 Å². The molecule has 4 aromatic carbocycles. The largest absolute Gasteiger partial charge is 0.481 e. The third-order valence-corrected chi connectivity index (χ3v) is 6.45. The van der Waals surface area contributed by atoms with E-state index in [4.69, 9.17) is 4.42 Å². The van der Waals surface area contributed by atoms with Crippen molar-refractivity contribution in [2.75, 3.05) is 5.32 Å². The van der Waals surface area contributed by atoms with Crippen molar-refractivity contribution in [3.8, 4) is 11.1 Å². The van der Waals surface area contributed by atoms with Crippen molar-refractivity contribution in [2.45, 2.75) is 19.3 Å². The van der Waals surface area contributed by atoms with Crippen molar-refractivity contribution in [1.29, 1.82) is 0 Å². The molecule has 0 aliphatic heterocycles. The van der Waals surface area contributed by atoms with Crippen molar-refractivity contribution in [3.63, 3.8) is 0 Å². The van der Waals surface area contributed by atoms with E-state index in [2.05, 4.69) is 10.3 Å². The Labute approximate surface area is 218 Å². The molecule has 6 nitrogen and oxygen atoms in total. The Kier molecular flexibility index (Phi) is 7.26. The predicted octanol–water partition coefficient (Wildman–Crippen LogP) is 7.28. The Hall–Kier alpha value is -4.78. The first-order chi connectivity index (χ1) is 18.5. The molecule has 190 valence electrons. The second kappa shape index (κ2) is 11.1. The number of aromatic nitrogens is 1. The Bertz CT molecular complexity index is 1550. The van der Waals surface area contributed by atoms with Crippen molar-refractivity contribution in [3.05, 3.63) is 114 Å². The molecule has 0 fully saturated rings. The van der Waals surface area contributed by atoms with Crippen molar-refractivity contribution >= 4 is 34.6 Å². The summed E-state index contributed by atoms with van der Waals surface area (Å²) in [5.74, 6) is -2.46. The third-order valence-electron chi connectivity index (χ3n) is 6.45.